The van der Waals surface area contributed by atoms with E-state index in [0.29, 0.717) is 10.7 Å². The predicted molar refractivity (Wildman–Crippen MR) is 39.0 cm³/mol. The maximum Gasteiger partial charge on any atom is 0.0788 e. The molecule has 9 heavy (non-hydrogen) atoms. The summed E-state index contributed by atoms with van der Waals surface area (Å²) in [6, 6.07) is 0. The third-order valence-electron chi connectivity index (χ3n) is 0.678. The van der Waals surface area contributed by atoms with E-state index in [1.807, 2.05) is 0 Å². The molecule has 3 heteroatoms. The summed E-state index contributed by atoms with van der Waals surface area (Å²) in [7, 11) is 0. The minimum absolute atomic E-state index is 0.134. The van der Waals surface area contributed by atoms with Crippen LogP contribution >= 0.6 is 11.6 Å². The Labute approximate surface area is 59.6 Å². The molecule has 0 radical (unpaired) electrons. The molecule has 0 aliphatic rings. The van der Waals surface area contributed by atoms with Gasteiger partial charge in [-0.3, -0.25) is 0 Å². The molecule has 0 saturated carbocycles. The van der Waals surface area contributed by atoms with Gasteiger partial charge in [0.2, 0.25) is 0 Å². The number of aliphatic hydroxyl groups is 1. The van der Waals surface area contributed by atoms with Crippen LogP contribution in [-0.4, -0.2) is 11.7 Å². The molecule has 52 valence electrons. The highest BCUT2D eigenvalue weighted by atomic mass is 35.5. The third kappa shape index (κ3) is 5.40. The molecule has 0 atom stereocenters. The molecule has 0 saturated heterocycles. The number of allylic oxidation sites excluding steroid dienone is 3. The summed E-state index contributed by atoms with van der Waals surface area (Å²) in [6.07, 6.45) is 3.20. The van der Waals surface area contributed by atoms with E-state index in [9.17, 15) is 0 Å². The van der Waals surface area contributed by atoms with E-state index in [1.54, 1.807) is 19.1 Å². The van der Waals surface area contributed by atoms with Gasteiger partial charge in [0.15, 0.2) is 0 Å². The van der Waals surface area contributed by atoms with E-state index in [4.69, 9.17) is 22.4 Å². The molecule has 3 N–H and O–H groups in total. The first-order valence-electron chi connectivity index (χ1n) is 2.56. The summed E-state index contributed by atoms with van der Waals surface area (Å²) in [4.78, 5) is 0. The van der Waals surface area contributed by atoms with Crippen molar-refractivity contribution in [3.8, 4) is 0 Å². The average Bonchev–Trinajstić information content (AvgIpc) is 1.83. The minimum Gasteiger partial charge on any atom is -0.402 e. The first-order valence-corrected chi connectivity index (χ1v) is 2.94. The van der Waals surface area contributed by atoms with Crippen LogP contribution < -0.4 is 5.73 Å². The van der Waals surface area contributed by atoms with E-state index in [0.717, 1.165) is 0 Å². The van der Waals surface area contributed by atoms with Crippen molar-refractivity contribution < 1.29 is 5.11 Å². The van der Waals surface area contributed by atoms with Crippen LogP contribution in [0.2, 0.25) is 0 Å². The highest BCUT2D eigenvalue weighted by molar-refractivity contribution is 6.29. The standard InChI is InChI=1S/C6H10ClNO/c1-5(8)2-3-6(7)4-9/h2-3,9H,4,8H2,1H3/b5-2+,6-3+. The fourth-order valence-electron chi connectivity index (χ4n) is 0.275. The van der Waals surface area contributed by atoms with Gasteiger partial charge in [0, 0.05) is 10.7 Å². The van der Waals surface area contributed by atoms with Crippen molar-refractivity contribution in [1.82, 2.24) is 0 Å². The van der Waals surface area contributed by atoms with Crippen LogP contribution in [0.4, 0.5) is 0 Å². The lowest BCUT2D eigenvalue weighted by Crippen LogP contribution is -1.88. The van der Waals surface area contributed by atoms with Crippen LogP contribution in [0.25, 0.3) is 0 Å². The molecule has 0 aromatic carbocycles. The molecule has 0 aromatic rings. The summed E-state index contributed by atoms with van der Waals surface area (Å²) in [5, 5.41) is 8.77. The largest absolute Gasteiger partial charge is 0.402 e. The van der Waals surface area contributed by atoms with E-state index in [-0.39, 0.29) is 6.61 Å². The van der Waals surface area contributed by atoms with Crippen molar-refractivity contribution in [3.05, 3.63) is 22.9 Å². The zero-order valence-electron chi connectivity index (χ0n) is 5.26. The zero-order chi connectivity index (χ0) is 7.28. The fraction of sp³-hybridized carbons (Fsp3) is 0.333. The monoisotopic (exact) mass is 147 g/mol. The molecule has 0 spiro atoms. The number of aliphatic hydroxyl groups excluding tert-OH is 1. The van der Waals surface area contributed by atoms with Gasteiger partial charge in [0.05, 0.1) is 6.61 Å². The summed E-state index contributed by atoms with van der Waals surface area (Å²) in [5.74, 6) is 0. The van der Waals surface area contributed by atoms with Crippen molar-refractivity contribution in [2.45, 2.75) is 6.92 Å². The van der Waals surface area contributed by atoms with Gasteiger partial charge in [-0.2, -0.15) is 0 Å². The van der Waals surface area contributed by atoms with E-state index in [2.05, 4.69) is 0 Å². The molecule has 0 rings (SSSR count). The van der Waals surface area contributed by atoms with E-state index in [1.165, 1.54) is 0 Å². The Bertz CT molecular complexity index is 136. The third-order valence-corrected chi connectivity index (χ3v) is 0.924. The SMILES string of the molecule is C/C(N)=C\C=C(\Cl)CO. The van der Waals surface area contributed by atoms with Gasteiger partial charge in [-0.05, 0) is 19.1 Å². The molecule has 0 aliphatic heterocycles. The molecule has 0 heterocycles. The first-order chi connectivity index (χ1) is 4.16. The molecular weight excluding hydrogens is 138 g/mol. The van der Waals surface area contributed by atoms with Gasteiger partial charge in [0.25, 0.3) is 0 Å². The highest BCUT2D eigenvalue weighted by Crippen LogP contribution is 1.98. The van der Waals surface area contributed by atoms with Crippen LogP contribution in [-0.2, 0) is 0 Å². The number of halogens is 1. The topological polar surface area (TPSA) is 46.2 Å². The van der Waals surface area contributed by atoms with E-state index < -0.39 is 0 Å². The van der Waals surface area contributed by atoms with Crippen molar-refractivity contribution >= 4 is 11.6 Å². The van der Waals surface area contributed by atoms with Gasteiger partial charge in [0.1, 0.15) is 0 Å². The van der Waals surface area contributed by atoms with Crippen molar-refractivity contribution in [1.29, 1.82) is 0 Å². The second-order valence-corrected chi connectivity index (χ2v) is 2.17. The lowest BCUT2D eigenvalue weighted by molar-refractivity contribution is 0.339. The Hall–Kier alpha value is -0.470. The molecular formula is C6H10ClNO. The predicted octanol–water partition coefficient (Wildman–Crippen LogP) is 0.964. The van der Waals surface area contributed by atoms with Crippen molar-refractivity contribution in [3.63, 3.8) is 0 Å². The fourth-order valence-corrected chi connectivity index (χ4v) is 0.338. The summed E-state index contributed by atoms with van der Waals surface area (Å²) >= 11 is 5.42. The molecule has 0 amide bonds. The maximum absolute atomic E-state index is 8.38. The molecule has 0 aliphatic carbocycles. The van der Waals surface area contributed by atoms with Crippen molar-refractivity contribution in [2.75, 3.05) is 6.61 Å². The summed E-state index contributed by atoms with van der Waals surface area (Å²) < 4.78 is 0. The molecule has 0 fully saturated rings. The summed E-state index contributed by atoms with van der Waals surface area (Å²) in [6.45, 7) is 1.61. The number of hydrogen-bond acceptors (Lipinski definition) is 2. The lowest BCUT2D eigenvalue weighted by atomic mass is 10.4. The average molecular weight is 148 g/mol. The van der Waals surface area contributed by atoms with Gasteiger partial charge in [-0.1, -0.05) is 11.6 Å². The molecule has 0 aromatic heterocycles. The van der Waals surface area contributed by atoms with Crippen LogP contribution in [0.1, 0.15) is 6.92 Å². The van der Waals surface area contributed by atoms with Gasteiger partial charge >= 0.3 is 0 Å². The lowest BCUT2D eigenvalue weighted by Gasteiger charge is -1.87. The summed E-state index contributed by atoms with van der Waals surface area (Å²) in [5.41, 5.74) is 5.94. The molecule has 0 unspecified atom stereocenters. The van der Waals surface area contributed by atoms with Crippen LogP contribution in [0, 0.1) is 0 Å². The van der Waals surface area contributed by atoms with Crippen molar-refractivity contribution in [2.24, 2.45) is 5.73 Å². The normalized spacial score (nSPS) is 14.1. The van der Waals surface area contributed by atoms with Crippen LogP contribution in [0.3, 0.4) is 0 Å². The highest BCUT2D eigenvalue weighted by Gasteiger charge is 1.82. The number of nitrogens with two attached hydrogens (primary N) is 1. The maximum atomic E-state index is 8.38. The Kier molecular flexibility index (Phi) is 4.18. The Balaban J connectivity index is 3.83. The second kappa shape index (κ2) is 4.41. The second-order valence-electron chi connectivity index (χ2n) is 1.68. The zero-order valence-corrected chi connectivity index (χ0v) is 6.02. The Morgan fingerprint density at radius 1 is 1.67 bits per heavy atom. The Morgan fingerprint density at radius 2 is 2.22 bits per heavy atom. The Morgan fingerprint density at radius 3 is 2.56 bits per heavy atom. The number of rotatable bonds is 2. The van der Waals surface area contributed by atoms with Crippen LogP contribution in [0.15, 0.2) is 22.9 Å². The molecule has 0 bridgehead atoms. The van der Waals surface area contributed by atoms with Gasteiger partial charge in [-0.15, -0.1) is 0 Å². The molecule has 2 nitrogen and oxygen atoms in total. The van der Waals surface area contributed by atoms with Gasteiger partial charge < -0.3 is 10.8 Å². The minimum atomic E-state index is -0.134. The van der Waals surface area contributed by atoms with E-state index >= 15 is 0 Å². The first kappa shape index (κ1) is 8.53. The van der Waals surface area contributed by atoms with Crippen LogP contribution in [0.5, 0.6) is 0 Å². The van der Waals surface area contributed by atoms with Gasteiger partial charge in [-0.25, -0.2) is 0 Å². The quantitative estimate of drug-likeness (QED) is 0.572. The smallest absolute Gasteiger partial charge is 0.0788 e. The number of hydrogen-bond donors (Lipinski definition) is 2.